The summed E-state index contributed by atoms with van der Waals surface area (Å²) in [6.45, 7) is 4.63. The summed E-state index contributed by atoms with van der Waals surface area (Å²) in [5, 5.41) is 13.8. The van der Waals surface area contributed by atoms with Crippen LogP contribution >= 0.6 is 0 Å². The van der Waals surface area contributed by atoms with E-state index in [9.17, 15) is 14.7 Å². The van der Waals surface area contributed by atoms with E-state index in [1.807, 2.05) is 45.4 Å². The molecular formula is C26H45N3O5. The fraction of sp³-hybridized carbons (Fsp3) is 0.692. The number of quaternary nitrogens is 1. The lowest BCUT2D eigenvalue weighted by Gasteiger charge is -2.31. The number of ether oxygens (including phenoxy) is 2. The summed E-state index contributed by atoms with van der Waals surface area (Å²) in [5.41, 5.74) is 0. The number of carbonyl (C=O) groups is 2. The van der Waals surface area contributed by atoms with Crippen LogP contribution in [0, 0.1) is 0 Å². The Morgan fingerprint density at radius 3 is 2.12 bits per heavy atom. The Morgan fingerprint density at radius 1 is 1.00 bits per heavy atom. The molecular weight excluding hydrogens is 434 g/mol. The van der Waals surface area contributed by atoms with E-state index in [1.54, 1.807) is 11.9 Å². The number of hydrogen-bond donors (Lipinski definition) is 1. The number of unbranched alkanes of at least 4 members (excludes halogenated alkanes) is 5. The van der Waals surface area contributed by atoms with Crippen LogP contribution in [0.4, 0.5) is 4.79 Å². The number of nitrogens with one attached hydrogen (secondary N) is 1. The molecule has 1 atom stereocenters. The fourth-order valence-corrected chi connectivity index (χ4v) is 3.60. The average molecular weight is 480 g/mol. The molecule has 1 rings (SSSR count). The molecule has 34 heavy (non-hydrogen) atoms. The van der Waals surface area contributed by atoms with Gasteiger partial charge < -0.3 is 34.1 Å². The summed E-state index contributed by atoms with van der Waals surface area (Å²) >= 11 is 0. The number of carbonyl (C=O) groups excluding carboxylic acids is 2. The summed E-state index contributed by atoms with van der Waals surface area (Å²) in [7, 11) is 7.59. The molecule has 0 spiro atoms. The third kappa shape index (κ3) is 14.6. The number of urea groups is 1. The van der Waals surface area contributed by atoms with Gasteiger partial charge in [-0.1, -0.05) is 32.3 Å². The molecule has 0 aliphatic heterocycles. The smallest absolute Gasteiger partial charge is 0.317 e. The minimum Gasteiger partial charge on any atom is -0.550 e. The van der Waals surface area contributed by atoms with E-state index in [4.69, 9.17) is 9.47 Å². The Hall–Kier alpha value is -2.48. The molecule has 1 aromatic rings. The van der Waals surface area contributed by atoms with Gasteiger partial charge in [-0.05, 0) is 37.8 Å². The highest BCUT2D eigenvalue weighted by atomic mass is 16.5. The molecule has 0 saturated heterocycles. The zero-order valence-corrected chi connectivity index (χ0v) is 21.8. The Balaban J connectivity index is 2.26. The van der Waals surface area contributed by atoms with Crippen LogP contribution in [0.2, 0.25) is 0 Å². The molecule has 0 aliphatic rings. The van der Waals surface area contributed by atoms with Crippen molar-refractivity contribution in [1.82, 2.24) is 10.2 Å². The van der Waals surface area contributed by atoms with Crippen LogP contribution in [0.1, 0.15) is 58.3 Å². The molecule has 0 aliphatic carbocycles. The van der Waals surface area contributed by atoms with E-state index in [0.29, 0.717) is 24.2 Å². The molecule has 8 nitrogen and oxygen atoms in total. The van der Waals surface area contributed by atoms with Crippen molar-refractivity contribution in [2.75, 3.05) is 54.5 Å². The van der Waals surface area contributed by atoms with Crippen molar-refractivity contribution in [1.29, 1.82) is 0 Å². The topological polar surface area (TPSA) is 90.9 Å². The van der Waals surface area contributed by atoms with Gasteiger partial charge in [0.05, 0.1) is 46.9 Å². The second-order valence-electron chi connectivity index (χ2n) is 9.91. The second-order valence-corrected chi connectivity index (χ2v) is 9.91. The third-order valence-electron chi connectivity index (χ3n) is 5.33. The molecule has 0 heterocycles. The van der Waals surface area contributed by atoms with Gasteiger partial charge in [0.2, 0.25) is 0 Å². The molecule has 8 heteroatoms. The number of aliphatic carboxylic acids is 1. The summed E-state index contributed by atoms with van der Waals surface area (Å²) in [4.78, 5) is 25.1. The van der Waals surface area contributed by atoms with E-state index >= 15 is 0 Å². The van der Waals surface area contributed by atoms with Crippen LogP contribution in [0.25, 0.3) is 0 Å². The van der Waals surface area contributed by atoms with Gasteiger partial charge in [0.25, 0.3) is 0 Å². The van der Waals surface area contributed by atoms with Crippen LogP contribution < -0.4 is 19.9 Å². The van der Waals surface area contributed by atoms with Crippen LogP contribution in [0.3, 0.4) is 0 Å². The van der Waals surface area contributed by atoms with Crippen molar-refractivity contribution in [3.8, 4) is 11.5 Å². The monoisotopic (exact) mass is 479 g/mol. The highest BCUT2D eigenvalue weighted by Crippen LogP contribution is 2.20. The number of nitrogens with zero attached hydrogens (tertiary/aromatic N) is 2. The first-order valence-corrected chi connectivity index (χ1v) is 12.5. The van der Waals surface area contributed by atoms with E-state index in [1.165, 1.54) is 19.3 Å². The molecule has 0 bridgehead atoms. The van der Waals surface area contributed by atoms with Crippen molar-refractivity contribution in [3.63, 3.8) is 0 Å². The SMILES string of the molecule is CCCCCCOc1cccc(OCCCCCN(C)C(=O)N[C@H](CC(=O)[O-])C[N+](C)(C)C)c1. The number of carboxylic acid groups (broad SMARTS) is 1. The highest BCUT2D eigenvalue weighted by molar-refractivity contribution is 5.75. The van der Waals surface area contributed by atoms with Gasteiger partial charge in [0.1, 0.15) is 11.5 Å². The first-order valence-electron chi connectivity index (χ1n) is 12.5. The Bertz CT molecular complexity index is 721. The second kappa shape index (κ2) is 16.2. The maximum Gasteiger partial charge on any atom is 0.317 e. The van der Waals surface area contributed by atoms with Crippen molar-refractivity contribution in [2.24, 2.45) is 0 Å². The largest absolute Gasteiger partial charge is 0.550 e. The third-order valence-corrected chi connectivity index (χ3v) is 5.33. The Kier molecular flexibility index (Phi) is 14.1. The summed E-state index contributed by atoms with van der Waals surface area (Å²) in [6.07, 6.45) is 7.17. The number of likely N-dealkylation sites (N-methyl/N-ethyl adjacent to an activating group) is 1. The van der Waals surface area contributed by atoms with Crippen molar-refractivity contribution < 1.29 is 28.7 Å². The quantitative estimate of drug-likeness (QED) is 0.258. The molecule has 194 valence electrons. The number of benzene rings is 1. The fourth-order valence-electron chi connectivity index (χ4n) is 3.60. The lowest BCUT2D eigenvalue weighted by Crippen LogP contribution is -2.53. The lowest BCUT2D eigenvalue weighted by atomic mass is 10.2. The number of rotatable bonds is 18. The minimum atomic E-state index is -1.16. The minimum absolute atomic E-state index is 0.197. The molecule has 0 radical (unpaired) electrons. The van der Waals surface area contributed by atoms with Crippen LogP contribution in [0.15, 0.2) is 24.3 Å². The standard InChI is InChI=1S/C26H45N3O5/c1-6-7-8-11-17-33-23-14-13-15-24(20-23)34-18-12-9-10-16-28(2)26(32)27-22(19-25(30)31)21-29(3,4)5/h13-15,20,22H,6-12,16-19,21H2,1-5H3,(H-,27,30,31,32)/t22-/m1/s1. The number of carboxylic acids is 1. The summed E-state index contributed by atoms with van der Waals surface area (Å²) < 4.78 is 12.2. The van der Waals surface area contributed by atoms with E-state index in [2.05, 4.69) is 12.2 Å². The summed E-state index contributed by atoms with van der Waals surface area (Å²) in [5.74, 6) is 0.480. The zero-order valence-electron chi connectivity index (χ0n) is 21.8. The van der Waals surface area contributed by atoms with E-state index in [0.717, 1.165) is 43.8 Å². The van der Waals surface area contributed by atoms with Gasteiger partial charge in [-0.2, -0.15) is 0 Å². The van der Waals surface area contributed by atoms with E-state index < -0.39 is 12.0 Å². The maximum atomic E-state index is 12.4. The predicted molar refractivity (Wildman–Crippen MR) is 133 cm³/mol. The van der Waals surface area contributed by atoms with Gasteiger partial charge >= 0.3 is 6.03 Å². The number of hydrogen-bond acceptors (Lipinski definition) is 5. The molecule has 0 fully saturated rings. The van der Waals surface area contributed by atoms with Gasteiger partial charge in [-0.3, -0.25) is 0 Å². The van der Waals surface area contributed by atoms with Crippen molar-refractivity contribution in [2.45, 2.75) is 64.3 Å². The maximum absolute atomic E-state index is 12.4. The van der Waals surface area contributed by atoms with Gasteiger partial charge in [0.15, 0.2) is 0 Å². The van der Waals surface area contributed by atoms with Crippen molar-refractivity contribution >= 4 is 12.0 Å². The van der Waals surface area contributed by atoms with Crippen molar-refractivity contribution in [3.05, 3.63) is 24.3 Å². The van der Waals surface area contributed by atoms with Crippen LogP contribution in [-0.4, -0.2) is 81.9 Å². The molecule has 0 aromatic heterocycles. The van der Waals surface area contributed by atoms with Gasteiger partial charge in [-0.25, -0.2) is 4.79 Å². The van der Waals surface area contributed by atoms with Crippen LogP contribution in [0.5, 0.6) is 11.5 Å². The molecule has 2 amide bonds. The zero-order chi connectivity index (χ0) is 25.4. The first-order chi connectivity index (χ1) is 16.1. The summed E-state index contributed by atoms with van der Waals surface area (Å²) in [6, 6.07) is 7.02. The average Bonchev–Trinajstić information content (AvgIpc) is 2.74. The number of amides is 2. The normalized spacial score (nSPS) is 12.1. The Morgan fingerprint density at radius 2 is 1.59 bits per heavy atom. The molecule has 1 aromatic carbocycles. The predicted octanol–water partition coefficient (Wildman–Crippen LogP) is 3.05. The first kappa shape index (κ1) is 29.6. The highest BCUT2D eigenvalue weighted by Gasteiger charge is 2.21. The molecule has 1 N–H and O–H groups in total. The van der Waals surface area contributed by atoms with Gasteiger partial charge in [-0.15, -0.1) is 0 Å². The lowest BCUT2D eigenvalue weighted by molar-refractivity contribution is -0.871. The van der Waals surface area contributed by atoms with Gasteiger partial charge in [0, 0.05) is 32.0 Å². The molecule has 0 saturated carbocycles. The van der Waals surface area contributed by atoms with E-state index in [-0.39, 0.29) is 12.5 Å². The van der Waals surface area contributed by atoms with Crippen LogP contribution in [-0.2, 0) is 4.79 Å². The molecule has 0 unspecified atom stereocenters. The Labute approximate surface area is 205 Å².